The molecule has 0 saturated carbocycles. The van der Waals surface area contributed by atoms with E-state index in [4.69, 9.17) is 9.47 Å². The van der Waals surface area contributed by atoms with Gasteiger partial charge in [0.2, 0.25) is 0 Å². The molecule has 0 atom stereocenters. The van der Waals surface area contributed by atoms with Crippen LogP contribution in [0.5, 0.6) is 11.5 Å². The van der Waals surface area contributed by atoms with Gasteiger partial charge >= 0.3 is 0 Å². The van der Waals surface area contributed by atoms with Crippen LogP contribution in [0.15, 0.2) is 78.9 Å². The zero-order valence-corrected chi connectivity index (χ0v) is 15.7. The van der Waals surface area contributed by atoms with Gasteiger partial charge in [-0.2, -0.15) is 0 Å². The zero-order chi connectivity index (χ0) is 20.0. The predicted molar refractivity (Wildman–Crippen MR) is 107 cm³/mol. The van der Waals surface area contributed by atoms with Gasteiger partial charge < -0.3 is 14.6 Å². The SMILES string of the molecule is COc1ccc(C(O)(C(=O)NNc2ccccc2)c2ccc(OC)cc2)cc1. The van der Waals surface area contributed by atoms with E-state index in [2.05, 4.69) is 10.9 Å². The molecule has 0 aliphatic carbocycles. The van der Waals surface area contributed by atoms with E-state index in [0.29, 0.717) is 28.3 Å². The normalized spacial score (nSPS) is 10.8. The van der Waals surface area contributed by atoms with Gasteiger partial charge in [-0.05, 0) is 47.5 Å². The Morgan fingerprint density at radius 3 is 1.68 bits per heavy atom. The molecule has 1 amide bonds. The maximum absolute atomic E-state index is 13.1. The maximum atomic E-state index is 13.1. The number of hydrogen-bond donors (Lipinski definition) is 3. The number of ether oxygens (including phenoxy) is 2. The third-order valence-electron chi connectivity index (χ3n) is 4.44. The average molecular weight is 378 g/mol. The summed E-state index contributed by atoms with van der Waals surface area (Å²) in [5, 5.41) is 11.5. The van der Waals surface area contributed by atoms with E-state index in [9.17, 15) is 9.90 Å². The van der Waals surface area contributed by atoms with Crippen LogP contribution in [0, 0.1) is 0 Å². The molecule has 6 nitrogen and oxygen atoms in total. The van der Waals surface area contributed by atoms with Crippen molar-refractivity contribution in [3.63, 3.8) is 0 Å². The van der Waals surface area contributed by atoms with Crippen LogP contribution in [0.25, 0.3) is 0 Å². The van der Waals surface area contributed by atoms with Crippen molar-refractivity contribution in [3.8, 4) is 11.5 Å². The molecule has 0 bridgehead atoms. The van der Waals surface area contributed by atoms with Crippen LogP contribution < -0.4 is 20.3 Å². The van der Waals surface area contributed by atoms with Gasteiger partial charge in [0.25, 0.3) is 5.91 Å². The minimum atomic E-state index is -1.92. The van der Waals surface area contributed by atoms with E-state index in [1.165, 1.54) is 0 Å². The van der Waals surface area contributed by atoms with Crippen LogP contribution in [0.3, 0.4) is 0 Å². The van der Waals surface area contributed by atoms with Crippen LogP contribution in [0.1, 0.15) is 11.1 Å². The number of anilines is 1. The lowest BCUT2D eigenvalue weighted by molar-refractivity contribution is -0.136. The molecular weight excluding hydrogens is 356 g/mol. The molecule has 0 aromatic heterocycles. The molecule has 0 spiro atoms. The van der Waals surface area contributed by atoms with Gasteiger partial charge in [-0.15, -0.1) is 0 Å². The number of amides is 1. The smallest absolute Gasteiger partial charge is 0.279 e. The number of methoxy groups -OCH3 is 2. The van der Waals surface area contributed by atoms with Gasteiger partial charge in [0.15, 0.2) is 5.60 Å². The summed E-state index contributed by atoms with van der Waals surface area (Å²) < 4.78 is 10.3. The molecule has 0 aliphatic rings. The van der Waals surface area contributed by atoms with Crippen LogP contribution >= 0.6 is 0 Å². The second kappa shape index (κ2) is 8.45. The third-order valence-corrected chi connectivity index (χ3v) is 4.44. The number of carbonyl (C=O) groups excluding carboxylic acids is 1. The number of benzene rings is 3. The van der Waals surface area contributed by atoms with Crippen molar-refractivity contribution in [2.24, 2.45) is 0 Å². The van der Waals surface area contributed by atoms with Gasteiger partial charge in [-0.25, -0.2) is 0 Å². The molecule has 144 valence electrons. The van der Waals surface area contributed by atoms with Gasteiger partial charge in [-0.3, -0.25) is 15.6 Å². The Labute approximate surface area is 163 Å². The van der Waals surface area contributed by atoms with Crippen molar-refractivity contribution < 1.29 is 19.4 Å². The fourth-order valence-electron chi connectivity index (χ4n) is 2.83. The molecular formula is C22H22N2O4. The minimum absolute atomic E-state index is 0.408. The van der Waals surface area contributed by atoms with Crippen molar-refractivity contribution in [1.29, 1.82) is 0 Å². The largest absolute Gasteiger partial charge is 0.497 e. The Morgan fingerprint density at radius 1 is 0.786 bits per heavy atom. The predicted octanol–water partition coefficient (Wildman–Crippen LogP) is 3.08. The molecule has 6 heteroatoms. The molecule has 0 fully saturated rings. The summed E-state index contributed by atoms with van der Waals surface area (Å²) in [6.07, 6.45) is 0. The first-order chi connectivity index (χ1) is 13.6. The quantitative estimate of drug-likeness (QED) is 0.551. The Morgan fingerprint density at radius 2 is 1.25 bits per heavy atom. The molecule has 28 heavy (non-hydrogen) atoms. The van der Waals surface area contributed by atoms with Crippen LogP contribution in [-0.4, -0.2) is 25.2 Å². The number of aliphatic hydroxyl groups is 1. The van der Waals surface area contributed by atoms with E-state index in [-0.39, 0.29) is 0 Å². The maximum Gasteiger partial charge on any atom is 0.279 e. The fourth-order valence-corrected chi connectivity index (χ4v) is 2.83. The van der Waals surface area contributed by atoms with E-state index in [1.54, 1.807) is 74.9 Å². The average Bonchev–Trinajstić information content (AvgIpc) is 2.77. The highest BCUT2D eigenvalue weighted by atomic mass is 16.5. The van der Waals surface area contributed by atoms with Crippen molar-refractivity contribution >= 4 is 11.6 Å². The summed E-state index contributed by atoms with van der Waals surface area (Å²) in [6.45, 7) is 0. The topological polar surface area (TPSA) is 79.8 Å². The fraction of sp³-hybridized carbons (Fsp3) is 0.136. The van der Waals surface area contributed by atoms with E-state index < -0.39 is 11.5 Å². The molecule has 3 rings (SSSR count). The molecule has 3 N–H and O–H groups in total. The second-order valence-electron chi connectivity index (χ2n) is 6.11. The molecule has 0 unspecified atom stereocenters. The Kier molecular flexibility index (Phi) is 5.81. The molecule has 0 heterocycles. The highest BCUT2D eigenvalue weighted by Gasteiger charge is 2.40. The number of hydrazine groups is 1. The Hall–Kier alpha value is -3.51. The van der Waals surface area contributed by atoms with Gasteiger partial charge in [0.05, 0.1) is 19.9 Å². The first kappa shape index (κ1) is 19.3. The Bertz CT molecular complexity index is 862. The van der Waals surface area contributed by atoms with Gasteiger partial charge in [0, 0.05) is 0 Å². The summed E-state index contributed by atoms with van der Waals surface area (Å²) in [4.78, 5) is 13.1. The number of para-hydroxylation sites is 1. The number of hydrogen-bond acceptors (Lipinski definition) is 5. The lowest BCUT2D eigenvalue weighted by Gasteiger charge is -2.28. The van der Waals surface area contributed by atoms with E-state index in [1.807, 2.05) is 18.2 Å². The molecule has 3 aromatic carbocycles. The molecule has 3 aromatic rings. The van der Waals surface area contributed by atoms with Gasteiger partial charge in [0.1, 0.15) is 11.5 Å². The van der Waals surface area contributed by atoms with Gasteiger partial charge in [-0.1, -0.05) is 42.5 Å². The minimum Gasteiger partial charge on any atom is -0.497 e. The number of rotatable bonds is 7. The Balaban J connectivity index is 1.95. The molecule has 0 radical (unpaired) electrons. The zero-order valence-electron chi connectivity index (χ0n) is 15.7. The summed E-state index contributed by atoms with van der Waals surface area (Å²) in [5.74, 6) is 0.638. The van der Waals surface area contributed by atoms with E-state index >= 15 is 0 Å². The second-order valence-corrected chi connectivity index (χ2v) is 6.11. The van der Waals surface area contributed by atoms with E-state index in [0.717, 1.165) is 0 Å². The summed E-state index contributed by atoms with van der Waals surface area (Å²) in [7, 11) is 3.11. The van der Waals surface area contributed by atoms with Crippen LogP contribution in [0.4, 0.5) is 5.69 Å². The van der Waals surface area contributed by atoms with Crippen LogP contribution in [0.2, 0.25) is 0 Å². The van der Waals surface area contributed by atoms with Crippen LogP contribution in [-0.2, 0) is 10.4 Å². The summed E-state index contributed by atoms with van der Waals surface area (Å²) >= 11 is 0. The monoisotopic (exact) mass is 378 g/mol. The summed E-state index contributed by atoms with van der Waals surface area (Å²) in [5.41, 5.74) is 5.01. The summed E-state index contributed by atoms with van der Waals surface area (Å²) in [6, 6.07) is 22.6. The highest BCUT2D eigenvalue weighted by molar-refractivity contribution is 5.91. The van der Waals surface area contributed by atoms with Crippen molar-refractivity contribution in [1.82, 2.24) is 5.43 Å². The number of carbonyl (C=O) groups is 1. The first-order valence-corrected chi connectivity index (χ1v) is 8.71. The van der Waals surface area contributed by atoms with Crippen molar-refractivity contribution in [3.05, 3.63) is 90.0 Å². The number of nitrogens with one attached hydrogen (secondary N) is 2. The first-order valence-electron chi connectivity index (χ1n) is 8.71. The van der Waals surface area contributed by atoms with Crippen molar-refractivity contribution in [2.75, 3.05) is 19.6 Å². The molecule has 0 aliphatic heterocycles. The van der Waals surface area contributed by atoms with Crippen molar-refractivity contribution in [2.45, 2.75) is 5.60 Å². The highest BCUT2D eigenvalue weighted by Crippen LogP contribution is 2.32. The lowest BCUT2D eigenvalue weighted by Crippen LogP contribution is -2.47. The lowest BCUT2D eigenvalue weighted by atomic mass is 9.85. The standard InChI is InChI=1S/C22H22N2O4/c1-27-19-12-8-16(9-13-19)22(26,17-10-14-20(28-2)15-11-17)21(25)24-23-18-6-4-3-5-7-18/h3-15,23,26H,1-2H3,(H,24,25). The molecule has 0 saturated heterocycles. The third kappa shape index (κ3) is 3.92.